The number of sulfonamides is 1. The number of carbonyl (C=O) groups excluding carboxylic acids is 1. The van der Waals surface area contributed by atoms with Gasteiger partial charge >= 0.3 is 0 Å². The molecule has 1 aromatic rings. The summed E-state index contributed by atoms with van der Waals surface area (Å²) < 4.78 is 25.9. The Hall–Kier alpha value is -1.05. The molecule has 7 heteroatoms. The van der Waals surface area contributed by atoms with Gasteiger partial charge in [-0.1, -0.05) is 0 Å². The highest BCUT2D eigenvalue weighted by molar-refractivity contribution is 7.99. The molecule has 0 atom stereocenters. The Balaban J connectivity index is 2.55. The quantitative estimate of drug-likeness (QED) is 0.897. The molecular weight excluding hydrogens is 284 g/mol. The first-order valence-electron chi connectivity index (χ1n) is 5.94. The summed E-state index contributed by atoms with van der Waals surface area (Å²) in [7, 11) is -2.12. The Morgan fingerprint density at radius 2 is 2.16 bits per heavy atom. The normalized spacial score (nSPS) is 15.8. The number of benzene rings is 1. The van der Waals surface area contributed by atoms with Gasteiger partial charge in [0.25, 0.3) is 0 Å². The second-order valence-corrected chi connectivity index (χ2v) is 7.23. The molecule has 0 radical (unpaired) electrons. The van der Waals surface area contributed by atoms with Crippen LogP contribution in [0.15, 0.2) is 28.0 Å². The summed E-state index contributed by atoms with van der Waals surface area (Å²) in [5.41, 5.74) is 0.686. The van der Waals surface area contributed by atoms with Gasteiger partial charge in [0.05, 0.1) is 10.6 Å². The van der Waals surface area contributed by atoms with E-state index in [-0.39, 0.29) is 10.8 Å². The number of fused-ring (bicyclic) bond motifs is 1. The number of thioether (sulfide) groups is 1. The highest BCUT2D eigenvalue weighted by Crippen LogP contribution is 2.35. The highest BCUT2D eigenvalue weighted by Gasteiger charge is 2.22. The maximum absolute atomic E-state index is 11.8. The largest absolute Gasteiger partial charge is 0.311 e. The summed E-state index contributed by atoms with van der Waals surface area (Å²) in [6.45, 7) is 2.12. The van der Waals surface area contributed by atoms with Gasteiger partial charge in [0, 0.05) is 18.4 Å². The maximum atomic E-state index is 11.8. The highest BCUT2D eigenvalue weighted by atomic mass is 32.2. The molecule has 0 aliphatic carbocycles. The van der Waals surface area contributed by atoms with Crippen molar-refractivity contribution in [1.29, 1.82) is 0 Å². The average Bonchev–Trinajstić information content (AvgIpc) is 2.59. The van der Waals surface area contributed by atoms with Crippen LogP contribution in [0.25, 0.3) is 0 Å². The van der Waals surface area contributed by atoms with Gasteiger partial charge in [-0.2, -0.15) is 0 Å². The fraction of sp³-hybridized carbons (Fsp3) is 0.417. The maximum Gasteiger partial charge on any atom is 0.240 e. The first-order valence-corrected chi connectivity index (χ1v) is 8.41. The minimum Gasteiger partial charge on any atom is -0.311 e. The fourth-order valence-corrected chi connectivity index (χ4v) is 3.69. The van der Waals surface area contributed by atoms with E-state index >= 15 is 0 Å². The minimum absolute atomic E-state index is 0.0669. The molecule has 5 nitrogen and oxygen atoms in total. The van der Waals surface area contributed by atoms with Crippen LogP contribution in [0.3, 0.4) is 0 Å². The molecule has 0 aromatic heterocycles. The van der Waals surface area contributed by atoms with E-state index in [0.717, 1.165) is 17.1 Å². The Kier molecular flexibility index (Phi) is 4.17. The smallest absolute Gasteiger partial charge is 0.240 e. The average molecular weight is 300 g/mol. The van der Waals surface area contributed by atoms with E-state index in [4.69, 9.17) is 0 Å². The zero-order chi connectivity index (χ0) is 14.0. The standard InChI is InChI=1S/C12H16N2O3S2/c1-9(15)14-6-3-7-18-12-5-4-10(8-11(12)14)19(16,17)13-2/h4-5,8,13H,3,6-7H2,1-2H3. The number of nitrogens with zero attached hydrogens (tertiary/aromatic N) is 1. The number of nitrogens with one attached hydrogen (secondary N) is 1. The summed E-state index contributed by atoms with van der Waals surface area (Å²) in [6, 6.07) is 4.91. The number of carbonyl (C=O) groups is 1. The second-order valence-electron chi connectivity index (χ2n) is 4.21. The Labute approximate surface area is 117 Å². The molecule has 1 aromatic carbocycles. The minimum atomic E-state index is -3.49. The zero-order valence-electron chi connectivity index (χ0n) is 10.8. The number of hydrogen-bond donors (Lipinski definition) is 1. The number of amides is 1. The number of hydrogen-bond acceptors (Lipinski definition) is 4. The van der Waals surface area contributed by atoms with Gasteiger partial charge in [0.15, 0.2) is 0 Å². The molecular formula is C12H16N2O3S2. The molecule has 19 heavy (non-hydrogen) atoms. The molecule has 0 fully saturated rings. The summed E-state index contributed by atoms with van der Waals surface area (Å²) in [5.74, 6) is 0.859. The van der Waals surface area contributed by atoms with Crippen LogP contribution < -0.4 is 9.62 Å². The van der Waals surface area contributed by atoms with Gasteiger partial charge in [0.1, 0.15) is 0 Å². The van der Waals surface area contributed by atoms with Crippen LogP contribution >= 0.6 is 11.8 Å². The number of rotatable bonds is 2. The first-order chi connectivity index (χ1) is 8.95. The summed E-state index contributed by atoms with van der Waals surface area (Å²) >= 11 is 1.65. The van der Waals surface area contributed by atoms with E-state index < -0.39 is 10.0 Å². The van der Waals surface area contributed by atoms with Crippen molar-refractivity contribution in [2.24, 2.45) is 0 Å². The fourth-order valence-electron chi connectivity index (χ4n) is 1.97. The molecule has 0 unspecified atom stereocenters. The van der Waals surface area contributed by atoms with Gasteiger partial charge < -0.3 is 4.90 Å². The third-order valence-corrected chi connectivity index (χ3v) is 5.52. The Morgan fingerprint density at radius 1 is 1.42 bits per heavy atom. The third kappa shape index (κ3) is 2.93. The molecule has 0 saturated heterocycles. The van der Waals surface area contributed by atoms with Gasteiger partial charge in [-0.15, -0.1) is 11.8 Å². The van der Waals surface area contributed by atoms with E-state index in [1.165, 1.54) is 14.0 Å². The van der Waals surface area contributed by atoms with Crippen LogP contribution in [-0.4, -0.2) is 33.7 Å². The van der Waals surface area contributed by atoms with Crippen LogP contribution in [0.4, 0.5) is 5.69 Å². The Bertz CT molecular complexity index is 599. The second kappa shape index (κ2) is 5.52. The first kappa shape index (κ1) is 14.4. The van der Waals surface area contributed by atoms with E-state index in [2.05, 4.69) is 4.72 Å². The molecule has 2 rings (SSSR count). The van der Waals surface area contributed by atoms with Crippen LogP contribution in [-0.2, 0) is 14.8 Å². The molecule has 1 N–H and O–H groups in total. The van der Waals surface area contributed by atoms with Crippen LogP contribution in [0, 0.1) is 0 Å². The molecule has 104 valence electrons. The topological polar surface area (TPSA) is 66.5 Å². The molecule has 0 spiro atoms. The molecule has 1 amide bonds. The van der Waals surface area contributed by atoms with Gasteiger partial charge in [0.2, 0.25) is 15.9 Å². The van der Waals surface area contributed by atoms with Crippen molar-refractivity contribution in [2.75, 3.05) is 24.2 Å². The predicted octanol–water partition coefficient (Wildman–Crippen LogP) is 1.44. The number of anilines is 1. The van der Waals surface area contributed by atoms with E-state index in [1.807, 2.05) is 0 Å². The lowest BCUT2D eigenvalue weighted by Gasteiger charge is -2.21. The SMILES string of the molecule is CNS(=O)(=O)c1ccc2c(c1)N(C(C)=O)CCCS2. The van der Waals surface area contributed by atoms with Crippen molar-refractivity contribution < 1.29 is 13.2 Å². The predicted molar refractivity (Wildman–Crippen MR) is 76.1 cm³/mol. The molecule has 1 aliphatic heterocycles. The molecule has 0 saturated carbocycles. The lowest BCUT2D eigenvalue weighted by molar-refractivity contribution is -0.116. The molecule has 1 aliphatic rings. The van der Waals surface area contributed by atoms with E-state index in [0.29, 0.717) is 12.2 Å². The third-order valence-electron chi connectivity index (χ3n) is 2.96. The van der Waals surface area contributed by atoms with E-state index in [9.17, 15) is 13.2 Å². The van der Waals surface area contributed by atoms with Gasteiger partial charge in [-0.05, 0) is 37.4 Å². The van der Waals surface area contributed by atoms with Crippen molar-refractivity contribution in [3.8, 4) is 0 Å². The Morgan fingerprint density at radius 3 is 2.79 bits per heavy atom. The van der Waals surface area contributed by atoms with Crippen molar-refractivity contribution in [1.82, 2.24) is 4.72 Å². The van der Waals surface area contributed by atoms with Crippen molar-refractivity contribution in [3.05, 3.63) is 18.2 Å². The van der Waals surface area contributed by atoms with Gasteiger partial charge in [-0.3, -0.25) is 4.79 Å². The zero-order valence-corrected chi connectivity index (χ0v) is 12.5. The van der Waals surface area contributed by atoms with Crippen molar-refractivity contribution in [2.45, 2.75) is 23.1 Å². The van der Waals surface area contributed by atoms with Crippen LogP contribution in [0.1, 0.15) is 13.3 Å². The van der Waals surface area contributed by atoms with Crippen molar-refractivity contribution >= 4 is 33.4 Å². The molecule has 0 bridgehead atoms. The summed E-state index contributed by atoms with van der Waals surface area (Å²) in [6.07, 6.45) is 0.896. The summed E-state index contributed by atoms with van der Waals surface area (Å²) in [5, 5.41) is 0. The van der Waals surface area contributed by atoms with Crippen LogP contribution in [0.5, 0.6) is 0 Å². The monoisotopic (exact) mass is 300 g/mol. The molecule has 1 heterocycles. The van der Waals surface area contributed by atoms with E-state index in [1.54, 1.807) is 34.9 Å². The lowest BCUT2D eigenvalue weighted by atomic mass is 10.2. The van der Waals surface area contributed by atoms with Crippen molar-refractivity contribution in [3.63, 3.8) is 0 Å². The van der Waals surface area contributed by atoms with Crippen LogP contribution in [0.2, 0.25) is 0 Å². The van der Waals surface area contributed by atoms with Gasteiger partial charge in [-0.25, -0.2) is 13.1 Å². The summed E-state index contributed by atoms with van der Waals surface area (Å²) in [4.78, 5) is 14.5. The lowest BCUT2D eigenvalue weighted by Crippen LogP contribution is -2.29.